The Kier molecular flexibility index (Phi) is 3.76. The summed E-state index contributed by atoms with van der Waals surface area (Å²) in [5.41, 5.74) is 0.969. The van der Waals surface area contributed by atoms with E-state index in [4.69, 9.17) is 0 Å². The average Bonchev–Trinajstić information content (AvgIpc) is 2.95. The number of hydrogen-bond acceptors (Lipinski definition) is 2. The van der Waals surface area contributed by atoms with Gasteiger partial charge in [0, 0.05) is 18.3 Å². The van der Waals surface area contributed by atoms with Crippen molar-refractivity contribution in [2.24, 2.45) is 0 Å². The van der Waals surface area contributed by atoms with Gasteiger partial charge in [-0.2, -0.15) is 0 Å². The molecule has 3 rings (SSSR count). The monoisotopic (exact) mass is 280 g/mol. The molecule has 3 heteroatoms. The molecule has 3 nitrogen and oxygen atoms in total. The number of aromatic nitrogens is 2. The fourth-order valence-electron chi connectivity index (χ4n) is 2.80. The molecular formula is C18H20N2O. The molecule has 0 amide bonds. The standard InChI is InChI=1S/C18H20N2O/c1-13(2)18-19-10-11-20(18)12-17(21)16-9-5-7-14-6-3-4-8-15(14)16/h3-11,13,17,21H,12H2,1-2H3. The largest absolute Gasteiger partial charge is 0.387 e. The van der Waals surface area contributed by atoms with E-state index in [1.54, 1.807) is 6.20 Å². The van der Waals surface area contributed by atoms with Crippen LogP contribution in [-0.4, -0.2) is 14.7 Å². The molecule has 1 N–H and O–H groups in total. The summed E-state index contributed by atoms with van der Waals surface area (Å²) in [6.07, 6.45) is 3.19. The first-order chi connectivity index (χ1) is 10.2. The molecule has 0 bridgehead atoms. The van der Waals surface area contributed by atoms with E-state index in [1.807, 2.05) is 35.0 Å². The molecule has 21 heavy (non-hydrogen) atoms. The van der Waals surface area contributed by atoms with E-state index >= 15 is 0 Å². The lowest BCUT2D eigenvalue weighted by atomic mass is 10.0. The first kappa shape index (κ1) is 13.8. The molecule has 108 valence electrons. The normalized spacial score (nSPS) is 13.0. The van der Waals surface area contributed by atoms with Crippen molar-refractivity contribution in [3.05, 3.63) is 66.2 Å². The van der Waals surface area contributed by atoms with Crippen LogP contribution in [0.4, 0.5) is 0 Å². The van der Waals surface area contributed by atoms with Crippen molar-refractivity contribution < 1.29 is 5.11 Å². The summed E-state index contributed by atoms with van der Waals surface area (Å²) in [6, 6.07) is 14.2. The van der Waals surface area contributed by atoms with Crippen LogP contribution < -0.4 is 0 Å². The summed E-state index contributed by atoms with van der Waals surface area (Å²) in [7, 11) is 0. The second-order valence-corrected chi connectivity index (χ2v) is 5.68. The highest BCUT2D eigenvalue weighted by Crippen LogP contribution is 2.26. The third kappa shape index (κ3) is 2.69. The van der Waals surface area contributed by atoms with Crippen LogP contribution in [0.15, 0.2) is 54.9 Å². The number of imidazole rings is 1. The summed E-state index contributed by atoms with van der Waals surface area (Å²) >= 11 is 0. The summed E-state index contributed by atoms with van der Waals surface area (Å²) in [5, 5.41) is 12.9. The number of rotatable bonds is 4. The molecule has 3 aromatic rings. The zero-order valence-corrected chi connectivity index (χ0v) is 12.4. The van der Waals surface area contributed by atoms with Crippen LogP contribution in [0, 0.1) is 0 Å². The van der Waals surface area contributed by atoms with E-state index < -0.39 is 6.10 Å². The predicted molar refractivity (Wildman–Crippen MR) is 85.2 cm³/mol. The maximum Gasteiger partial charge on any atom is 0.111 e. The number of nitrogens with zero attached hydrogens (tertiary/aromatic N) is 2. The Hall–Kier alpha value is -2.13. The Labute approximate surface area is 124 Å². The van der Waals surface area contributed by atoms with Gasteiger partial charge in [-0.1, -0.05) is 56.3 Å². The Morgan fingerprint density at radius 2 is 1.86 bits per heavy atom. The molecule has 0 fully saturated rings. The summed E-state index contributed by atoms with van der Waals surface area (Å²) in [6.45, 7) is 4.76. The molecular weight excluding hydrogens is 260 g/mol. The maximum atomic E-state index is 10.6. The summed E-state index contributed by atoms with van der Waals surface area (Å²) in [4.78, 5) is 4.38. The Morgan fingerprint density at radius 1 is 1.10 bits per heavy atom. The van der Waals surface area contributed by atoms with Crippen molar-refractivity contribution >= 4 is 10.8 Å². The minimum absolute atomic E-state index is 0.347. The van der Waals surface area contributed by atoms with Gasteiger partial charge in [0.1, 0.15) is 5.82 Å². The predicted octanol–water partition coefficient (Wildman–Crippen LogP) is 3.89. The summed E-state index contributed by atoms with van der Waals surface area (Å²) < 4.78 is 2.04. The number of benzene rings is 2. The Bertz CT molecular complexity index is 740. The maximum absolute atomic E-state index is 10.6. The molecule has 0 aliphatic rings. The van der Waals surface area contributed by atoms with Crippen LogP contribution in [0.25, 0.3) is 10.8 Å². The van der Waals surface area contributed by atoms with Crippen LogP contribution in [-0.2, 0) is 6.54 Å². The van der Waals surface area contributed by atoms with Gasteiger partial charge in [-0.25, -0.2) is 4.98 Å². The van der Waals surface area contributed by atoms with E-state index in [1.165, 1.54) is 0 Å². The lowest BCUT2D eigenvalue weighted by Gasteiger charge is -2.17. The van der Waals surface area contributed by atoms with Gasteiger partial charge in [0.15, 0.2) is 0 Å². The molecule has 0 saturated heterocycles. The summed E-state index contributed by atoms with van der Waals surface area (Å²) in [5.74, 6) is 1.36. The zero-order chi connectivity index (χ0) is 14.8. The lowest BCUT2D eigenvalue weighted by Crippen LogP contribution is -2.12. The van der Waals surface area contributed by atoms with Crippen molar-refractivity contribution in [3.8, 4) is 0 Å². The minimum atomic E-state index is -0.539. The number of fused-ring (bicyclic) bond motifs is 1. The average molecular weight is 280 g/mol. The van der Waals surface area contributed by atoms with E-state index in [9.17, 15) is 5.11 Å². The molecule has 0 aliphatic heterocycles. The second kappa shape index (κ2) is 5.70. The van der Waals surface area contributed by atoms with Gasteiger partial charge in [-0.15, -0.1) is 0 Å². The van der Waals surface area contributed by atoms with Crippen LogP contribution >= 0.6 is 0 Å². The highest BCUT2D eigenvalue weighted by atomic mass is 16.3. The molecule has 1 atom stereocenters. The quantitative estimate of drug-likeness (QED) is 0.787. The van der Waals surface area contributed by atoms with Crippen molar-refractivity contribution in [2.75, 3.05) is 0 Å². The van der Waals surface area contributed by atoms with Crippen molar-refractivity contribution in [1.82, 2.24) is 9.55 Å². The van der Waals surface area contributed by atoms with Gasteiger partial charge >= 0.3 is 0 Å². The number of hydrogen-bond donors (Lipinski definition) is 1. The van der Waals surface area contributed by atoms with Crippen LogP contribution in [0.5, 0.6) is 0 Å². The second-order valence-electron chi connectivity index (χ2n) is 5.68. The van der Waals surface area contributed by atoms with E-state index in [0.717, 1.165) is 22.2 Å². The molecule has 0 radical (unpaired) electrons. The van der Waals surface area contributed by atoms with E-state index in [2.05, 4.69) is 37.0 Å². The van der Waals surface area contributed by atoms with Crippen molar-refractivity contribution in [2.45, 2.75) is 32.4 Å². The smallest absolute Gasteiger partial charge is 0.111 e. The molecule has 0 spiro atoms. The SMILES string of the molecule is CC(C)c1nccn1CC(O)c1cccc2ccccc12. The molecule has 1 heterocycles. The van der Waals surface area contributed by atoms with Crippen molar-refractivity contribution in [1.29, 1.82) is 0 Å². The highest BCUT2D eigenvalue weighted by molar-refractivity contribution is 5.85. The van der Waals surface area contributed by atoms with Gasteiger partial charge in [0.05, 0.1) is 12.6 Å². The van der Waals surface area contributed by atoms with Gasteiger partial charge in [-0.3, -0.25) is 0 Å². The van der Waals surface area contributed by atoms with Crippen LogP contribution in [0.3, 0.4) is 0 Å². The van der Waals surface area contributed by atoms with Crippen LogP contribution in [0.2, 0.25) is 0 Å². The Balaban J connectivity index is 1.94. The third-order valence-corrected chi connectivity index (χ3v) is 3.82. The first-order valence-electron chi connectivity index (χ1n) is 7.33. The highest BCUT2D eigenvalue weighted by Gasteiger charge is 2.14. The van der Waals surface area contributed by atoms with E-state index in [-0.39, 0.29) is 0 Å². The fourth-order valence-corrected chi connectivity index (χ4v) is 2.80. The molecule has 1 aromatic heterocycles. The third-order valence-electron chi connectivity index (χ3n) is 3.82. The molecule has 1 unspecified atom stereocenters. The van der Waals surface area contributed by atoms with Gasteiger partial charge in [-0.05, 0) is 16.3 Å². The van der Waals surface area contributed by atoms with Gasteiger partial charge < -0.3 is 9.67 Å². The topological polar surface area (TPSA) is 38.0 Å². The first-order valence-corrected chi connectivity index (χ1v) is 7.33. The fraction of sp³-hybridized carbons (Fsp3) is 0.278. The van der Waals surface area contributed by atoms with Gasteiger partial charge in [0.2, 0.25) is 0 Å². The molecule has 0 saturated carbocycles. The minimum Gasteiger partial charge on any atom is -0.387 e. The molecule has 0 aliphatic carbocycles. The van der Waals surface area contributed by atoms with Crippen LogP contribution in [0.1, 0.15) is 37.3 Å². The number of aliphatic hydroxyl groups excluding tert-OH is 1. The van der Waals surface area contributed by atoms with Gasteiger partial charge in [0.25, 0.3) is 0 Å². The zero-order valence-electron chi connectivity index (χ0n) is 12.4. The number of aliphatic hydroxyl groups is 1. The molecule has 2 aromatic carbocycles. The lowest BCUT2D eigenvalue weighted by molar-refractivity contribution is 0.156. The Morgan fingerprint density at radius 3 is 2.67 bits per heavy atom. The van der Waals surface area contributed by atoms with Crippen molar-refractivity contribution in [3.63, 3.8) is 0 Å². The van der Waals surface area contributed by atoms with E-state index in [0.29, 0.717) is 12.5 Å².